The summed E-state index contributed by atoms with van der Waals surface area (Å²) in [7, 11) is 0. The molecular weight excluding hydrogens is 182 g/mol. The summed E-state index contributed by atoms with van der Waals surface area (Å²) >= 11 is 0. The lowest BCUT2D eigenvalue weighted by Gasteiger charge is -2.09. The van der Waals surface area contributed by atoms with Crippen molar-refractivity contribution in [1.29, 1.82) is 0 Å². The van der Waals surface area contributed by atoms with Crippen LogP contribution >= 0.6 is 0 Å². The maximum absolute atomic E-state index is 11.4. The zero-order valence-corrected chi connectivity index (χ0v) is 8.24. The predicted molar refractivity (Wildman–Crippen MR) is 52.2 cm³/mol. The molecule has 0 aliphatic rings. The van der Waals surface area contributed by atoms with E-state index >= 15 is 0 Å². The molecule has 0 aliphatic heterocycles. The van der Waals surface area contributed by atoms with E-state index in [9.17, 15) is 9.59 Å². The minimum Gasteiger partial charge on any atom is -0.459 e. The zero-order chi connectivity index (χ0) is 10.6. The van der Waals surface area contributed by atoms with Gasteiger partial charge in [0.25, 0.3) is 5.56 Å². The number of carbonyl (C=O) groups excluding carboxylic acids is 1. The Kier molecular flexibility index (Phi) is 3.45. The van der Waals surface area contributed by atoms with Crippen molar-refractivity contribution in [2.45, 2.75) is 26.4 Å². The van der Waals surface area contributed by atoms with E-state index in [1.807, 2.05) is 6.92 Å². The van der Waals surface area contributed by atoms with Crippen LogP contribution in [0.3, 0.4) is 0 Å². The van der Waals surface area contributed by atoms with Crippen molar-refractivity contribution in [2.75, 3.05) is 0 Å². The number of hydrogen-bond donors (Lipinski definition) is 1. The molecule has 0 fully saturated rings. The van der Waals surface area contributed by atoms with Crippen LogP contribution in [0.1, 0.15) is 30.6 Å². The molecule has 0 radical (unpaired) electrons. The number of H-pyrrole nitrogens is 1. The van der Waals surface area contributed by atoms with Gasteiger partial charge in [0.1, 0.15) is 5.56 Å². The maximum Gasteiger partial charge on any atom is 0.344 e. The number of ether oxygens (including phenoxy) is 1. The topological polar surface area (TPSA) is 59.2 Å². The average molecular weight is 195 g/mol. The van der Waals surface area contributed by atoms with E-state index in [1.54, 1.807) is 13.0 Å². The number of carbonyl (C=O) groups is 1. The highest BCUT2D eigenvalue weighted by molar-refractivity contribution is 5.88. The fourth-order valence-electron chi connectivity index (χ4n) is 0.912. The molecule has 76 valence electrons. The third kappa shape index (κ3) is 2.45. The first-order valence-electron chi connectivity index (χ1n) is 4.53. The van der Waals surface area contributed by atoms with E-state index in [2.05, 4.69) is 4.98 Å². The molecule has 4 heteroatoms. The fourth-order valence-corrected chi connectivity index (χ4v) is 0.912. The number of aromatic nitrogens is 1. The van der Waals surface area contributed by atoms with Crippen molar-refractivity contribution < 1.29 is 9.53 Å². The summed E-state index contributed by atoms with van der Waals surface area (Å²) in [5, 5.41) is 0. The quantitative estimate of drug-likeness (QED) is 0.740. The van der Waals surface area contributed by atoms with Gasteiger partial charge in [-0.25, -0.2) is 4.79 Å². The van der Waals surface area contributed by atoms with Gasteiger partial charge < -0.3 is 9.72 Å². The lowest BCUT2D eigenvalue weighted by molar-refractivity contribution is 0.0332. The normalized spacial score (nSPS) is 12.1. The van der Waals surface area contributed by atoms with E-state index in [-0.39, 0.29) is 11.7 Å². The van der Waals surface area contributed by atoms with Crippen LogP contribution in [-0.4, -0.2) is 17.1 Å². The summed E-state index contributed by atoms with van der Waals surface area (Å²) in [5.74, 6) is -0.568. The number of pyridine rings is 1. The van der Waals surface area contributed by atoms with Gasteiger partial charge in [0.2, 0.25) is 0 Å². The van der Waals surface area contributed by atoms with Gasteiger partial charge in [-0.1, -0.05) is 6.92 Å². The number of hydrogen-bond acceptors (Lipinski definition) is 3. The van der Waals surface area contributed by atoms with Crippen LogP contribution in [-0.2, 0) is 4.74 Å². The summed E-state index contributed by atoms with van der Waals surface area (Å²) in [5.41, 5.74) is -0.367. The molecule has 0 bridgehead atoms. The average Bonchev–Trinajstić information content (AvgIpc) is 2.18. The first kappa shape index (κ1) is 10.5. The van der Waals surface area contributed by atoms with Gasteiger partial charge in [0.05, 0.1) is 6.10 Å². The second kappa shape index (κ2) is 4.60. The monoisotopic (exact) mass is 195 g/mol. The third-order valence-electron chi connectivity index (χ3n) is 1.92. The molecule has 1 rings (SSSR count). The second-order valence-corrected chi connectivity index (χ2v) is 3.04. The Morgan fingerprint density at radius 2 is 2.36 bits per heavy atom. The van der Waals surface area contributed by atoms with Gasteiger partial charge in [-0.15, -0.1) is 0 Å². The molecule has 0 amide bonds. The molecule has 1 aromatic rings. The summed E-state index contributed by atoms with van der Waals surface area (Å²) in [6.07, 6.45) is 2.04. The Bertz CT molecular complexity index is 370. The highest BCUT2D eigenvalue weighted by Crippen LogP contribution is 2.01. The molecule has 1 atom stereocenters. The van der Waals surface area contributed by atoms with Gasteiger partial charge in [0, 0.05) is 6.20 Å². The summed E-state index contributed by atoms with van der Waals surface area (Å²) in [4.78, 5) is 25.0. The largest absolute Gasteiger partial charge is 0.459 e. The molecule has 0 aromatic carbocycles. The predicted octanol–water partition coefficient (Wildman–Crippen LogP) is 1.33. The SMILES string of the molecule is CCC(C)OC(=O)c1ccc[nH]c1=O. The van der Waals surface area contributed by atoms with Crippen LogP contribution in [0.4, 0.5) is 0 Å². The van der Waals surface area contributed by atoms with Crippen molar-refractivity contribution in [3.8, 4) is 0 Å². The van der Waals surface area contributed by atoms with Crippen molar-refractivity contribution in [2.24, 2.45) is 0 Å². The summed E-state index contributed by atoms with van der Waals surface area (Å²) in [6, 6.07) is 3.04. The number of aromatic amines is 1. The molecule has 0 saturated heterocycles. The molecule has 1 unspecified atom stereocenters. The molecule has 1 aromatic heterocycles. The first-order chi connectivity index (χ1) is 6.65. The zero-order valence-electron chi connectivity index (χ0n) is 8.24. The maximum atomic E-state index is 11.4. The minimum atomic E-state index is -0.568. The Morgan fingerprint density at radius 1 is 1.64 bits per heavy atom. The van der Waals surface area contributed by atoms with Crippen LogP contribution in [0.2, 0.25) is 0 Å². The first-order valence-corrected chi connectivity index (χ1v) is 4.53. The van der Waals surface area contributed by atoms with E-state index in [4.69, 9.17) is 4.74 Å². The van der Waals surface area contributed by atoms with Crippen molar-refractivity contribution in [3.05, 3.63) is 34.2 Å². The molecular formula is C10H13NO3. The Labute approximate surface area is 81.9 Å². The smallest absolute Gasteiger partial charge is 0.344 e. The Morgan fingerprint density at radius 3 is 2.93 bits per heavy atom. The van der Waals surface area contributed by atoms with Crippen LogP contribution in [0, 0.1) is 0 Å². The van der Waals surface area contributed by atoms with Gasteiger partial charge in [0.15, 0.2) is 0 Å². The van der Waals surface area contributed by atoms with Crippen LogP contribution in [0.25, 0.3) is 0 Å². The lowest BCUT2D eigenvalue weighted by atomic mass is 10.2. The molecule has 14 heavy (non-hydrogen) atoms. The van der Waals surface area contributed by atoms with Crippen LogP contribution in [0.15, 0.2) is 23.1 Å². The van der Waals surface area contributed by atoms with E-state index in [0.717, 1.165) is 6.42 Å². The van der Waals surface area contributed by atoms with Gasteiger partial charge in [-0.2, -0.15) is 0 Å². The molecule has 0 spiro atoms. The Balaban J connectivity index is 2.80. The van der Waals surface area contributed by atoms with E-state index in [0.29, 0.717) is 0 Å². The van der Waals surface area contributed by atoms with Gasteiger partial charge in [-0.05, 0) is 25.5 Å². The standard InChI is InChI=1S/C10H13NO3/c1-3-7(2)14-10(13)8-5-4-6-11-9(8)12/h4-7H,3H2,1-2H3,(H,11,12). The lowest BCUT2D eigenvalue weighted by Crippen LogP contribution is -2.22. The van der Waals surface area contributed by atoms with Gasteiger partial charge in [-0.3, -0.25) is 4.79 Å². The highest BCUT2D eigenvalue weighted by atomic mass is 16.5. The fraction of sp³-hybridized carbons (Fsp3) is 0.400. The molecule has 1 N–H and O–H groups in total. The second-order valence-electron chi connectivity index (χ2n) is 3.04. The van der Waals surface area contributed by atoms with Crippen LogP contribution < -0.4 is 5.56 Å². The third-order valence-corrected chi connectivity index (χ3v) is 1.92. The van der Waals surface area contributed by atoms with Crippen molar-refractivity contribution >= 4 is 5.97 Å². The van der Waals surface area contributed by atoms with E-state index in [1.165, 1.54) is 12.3 Å². The van der Waals surface area contributed by atoms with E-state index < -0.39 is 11.5 Å². The molecule has 4 nitrogen and oxygen atoms in total. The number of esters is 1. The molecule has 1 heterocycles. The number of rotatable bonds is 3. The summed E-state index contributed by atoms with van der Waals surface area (Å²) < 4.78 is 5.01. The van der Waals surface area contributed by atoms with Crippen molar-refractivity contribution in [3.63, 3.8) is 0 Å². The Hall–Kier alpha value is -1.58. The van der Waals surface area contributed by atoms with Crippen LogP contribution in [0.5, 0.6) is 0 Å². The van der Waals surface area contributed by atoms with Crippen molar-refractivity contribution in [1.82, 2.24) is 4.98 Å². The van der Waals surface area contributed by atoms with Gasteiger partial charge >= 0.3 is 5.97 Å². The molecule has 0 saturated carbocycles. The molecule has 0 aliphatic carbocycles. The number of nitrogens with one attached hydrogen (secondary N) is 1. The highest BCUT2D eigenvalue weighted by Gasteiger charge is 2.13. The summed E-state index contributed by atoms with van der Waals surface area (Å²) in [6.45, 7) is 3.70. The minimum absolute atomic E-state index is 0.0489.